The van der Waals surface area contributed by atoms with E-state index in [0.29, 0.717) is 23.4 Å². The first-order valence-electron chi connectivity index (χ1n) is 9.61. The van der Waals surface area contributed by atoms with Gasteiger partial charge in [-0.3, -0.25) is 4.98 Å². The summed E-state index contributed by atoms with van der Waals surface area (Å²) in [4.78, 5) is 8.82. The minimum Gasteiger partial charge on any atom is -0.366 e. The lowest BCUT2D eigenvalue weighted by molar-refractivity contribution is 0.630. The number of nitrogens with zero attached hydrogens (tertiary/aromatic N) is 4. The van der Waals surface area contributed by atoms with Crippen molar-refractivity contribution < 1.29 is 4.39 Å². The zero-order valence-electron chi connectivity index (χ0n) is 16.0. The summed E-state index contributed by atoms with van der Waals surface area (Å²) < 4.78 is 16.3. The Morgan fingerprint density at radius 3 is 2.43 bits per heavy atom. The predicted octanol–water partition coefficient (Wildman–Crippen LogP) is 5.21. The number of aromatic nitrogens is 4. The number of hydrogen-bond acceptors (Lipinski definition) is 4. The molecule has 3 heterocycles. The standard InChI is InChI=1S/C24H18FN5/c25-21-9-5-4-8-19(21)22-14-23(27-15-17-10-12-26-13-11-17)30-24(29-22)20(16-28-30)18-6-2-1-3-7-18/h1-14,16,27H,15H2. The van der Waals surface area contributed by atoms with Gasteiger partial charge in [0.2, 0.25) is 0 Å². The van der Waals surface area contributed by atoms with E-state index in [4.69, 9.17) is 4.98 Å². The van der Waals surface area contributed by atoms with Gasteiger partial charge in [-0.2, -0.15) is 9.61 Å². The molecule has 0 spiro atoms. The summed E-state index contributed by atoms with van der Waals surface area (Å²) in [6.07, 6.45) is 5.30. The number of anilines is 1. The molecule has 2 aromatic carbocycles. The SMILES string of the molecule is Fc1ccccc1-c1cc(NCc2ccncc2)n2ncc(-c3ccccc3)c2n1. The van der Waals surface area contributed by atoms with E-state index in [2.05, 4.69) is 15.4 Å². The largest absolute Gasteiger partial charge is 0.366 e. The fourth-order valence-electron chi connectivity index (χ4n) is 3.41. The lowest BCUT2D eigenvalue weighted by atomic mass is 10.1. The molecule has 30 heavy (non-hydrogen) atoms. The van der Waals surface area contributed by atoms with E-state index in [9.17, 15) is 4.39 Å². The van der Waals surface area contributed by atoms with Crippen LogP contribution in [0.15, 0.2) is 91.4 Å². The first kappa shape index (κ1) is 18.0. The Morgan fingerprint density at radius 1 is 0.867 bits per heavy atom. The number of nitrogens with one attached hydrogen (secondary N) is 1. The number of pyridine rings is 1. The Labute approximate surface area is 172 Å². The minimum atomic E-state index is -0.310. The third-order valence-electron chi connectivity index (χ3n) is 4.93. The van der Waals surface area contributed by atoms with Gasteiger partial charge in [-0.05, 0) is 35.4 Å². The van der Waals surface area contributed by atoms with E-state index in [1.165, 1.54) is 6.07 Å². The van der Waals surface area contributed by atoms with Crippen LogP contribution in [0.4, 0.5) is 10.2 Å². The highest BCUT2D eigenvalue weighted by molar-refractivity contribution is 5.80. The summed E-state index contributed by atoms with van der Waals surface area (Å²) in [5.74, 6) is 0.424. The molecule has 0 atom stereocenters. The Bertz CT molecular complexity index is 1300. The molecule has 0 saturated heterocycles. The molecule has 5 nitrogen and oxygen atoms in total. The second-order valence-electron chi connectivity index (χ2n) is 6.88. The molecule has 0 radical (unpaired) electrons. The first-order valence-corrected chi connectivity index (χ1v) is 9.61. The van der Waals surface area contributed by atoms with Crippen LogP contribution in [0.5, 0.6) is 0 Å². The monoisotopic (exact) mass is 395 g/mol. The van der Waals surface area contributed by atoms with E-state index >= 15 is 0 Å². The second kappa shape index (κ2) is 7.75. The van der Waals surface area contributed by atoms with Crippen LogP contribution in [0.25, 0.3) is 28.0 Å². The molecule has 5 rings (SSSR count). The molecule has 0 amide bonds. The van der Waals surface area contributed by atoms with Gasteiger partial charge in [-0.15, -0.1) is 0 Å². The van der Waals surface area contributed by atoms with E-state index in [-0.39, 0.29) is 5.82 Å². The molecule has 0 aliphatic rings. The molecular weight excluding hydrogens is 377 g/mol. The van der Waals surface area contributed by atoms with Crippen molar-refractivity contribution in [1.29, 1.82) is 0 Å². The summed E-state index contributed by atoms with van der Waals surface area (Å²) >= 11 is 0. The summed E-state index contributed by atoms with van der Waals surface area (Å²) in [6.45, 7) is 0.582. The van der Waals surface area contributed by atoms with Gasteiger partial charge < -0.3 is 5.32 Å². The summed E-state index contributed by atoms with van der Waals surface area (Å²) in [5.41, 5.74) is 4.64. The fourth-order valence-corrected chi connectivity index (χ4v) is 3.41. The van der Waals surface area contributed by atoms with Crippen LogP contribution in [0.1, 0.15) is 5.56 Å². The molecular formula is C24H18FN5. The van der Waals surface area contributed by atoms with Crippen LogP contribution < -0.4 is 5.32 Å². The number of fused-ring (bicyclic) bond motifs is 1. The van der Waals surface area contributed by atoms with Gasteiger partial charge in [0.15, 0.2) is 5.65 Å². The van der Waals surface area contributed by atoms with E-state index in [0.717, 1.165) is 22.5 Å². The molecule has 6 heteroatoms. The molecule has 0 aliphatic heterocycles. The molecule has 0 bridgehead atoms. The number of hydrogen-bond donors (Lipinski definition) is 1. The number of halogens is 1. The summed E-state index contributed by atoms with van der Waals surface area (Å²) in [5, 5.41) is 7.96. The highest BCUT2D eigenvalue weighted by Gasteiger charge is 2.15. The fraction of sp³-hybridized carbons (Fsp3) is 0.0417. The topological polar surface area (TPSA) is 55.1 Å². The Kier molecular flexibility index (Phi) is 4.65. The van der Waals surface area contributed by atoms with E-state index in [1.54, 1.807) is 35.2 Å². The van der Waals surface area contributed by atoms with Crippen molar-refractivity contribution in [2.45, 2.75) is 6.54 Å². The third-order valence-corrected chi connectivity index (χ3v) is 4.93. The van der Waals surface area contributed by atoms with Gasteiger partial charge in [0.05, 0.1) is 11.9 Å². The molecule has 0 unspecified atom stereocenters. The van der Waals surface area contributed by atoms with Gasteiger partial charge in [0.1, 0.15) is 11.6 Å². The Hall–Kier alpha value is -4.06. The summed E-state index contributed by atoms with van der Waals surface area (Å²) in [6, 6.07) is 22.3. The molecule has 146 valence electrons. The second-order valence-corrected chi connectivity index (χ2v) is 6.88. The predicted molar refractivity (Wildman–Crippen MR) is 115 cm³/mol. The van der Waals surface area contributed by atoms with Crippen LogP contribution >= 0.6 is 0 Å². The molecule has 3 aromatic heterocycles. The van der Waals surface area contributed by atoms with Crippen molar-refractivity contribution in [3.63, 3.8) is 0 Å². The van der Waals surface area contributed by atoms with Crippen molar-refractivity contribution in [2.24, 2.45) is 0 Å². The van der Waals surface area contributed by atoms with E-state index in [1.807, 2.05) is 54.6 Å². The maximum atomic E-state index is 14.5. The van der Waals surface area contributed by atoms with Crippen molar-refractivity contribution in [2.75, 3.05) is 5.32 Å². The summed E-state index contributed by atoms with van der Waals surface area (Å²) in [7, 11) is 0. The van der Waals surface area contributed by atoms with Crippen molar-refractivity contribution in [1.82, 2.24) is 19.6 Å². The normalized spacial score (nSPS) is 11.0. The highest BCUT2D eigenvalue weighted by Crippen LogP contribution is 2.30. The Balaban J connectivity index is 1.66. The van der Waals surface area contributed by atoms with Crippen LogP contribution in [0.2, 0.25) is 0 Å². The van der Waals surface area contributed by atoms with Gasteiger partial charge >= 0.3 is 0 Å². The maximum Gasteiger partial charge on any atom is 0.165 e. The van der Waals surface area contributed by atoms with Gasteiger partial charge in [-0.1, -0.05) is 42.5 Å². The van der Waals surface area contributed by atoms with Gasteiger partial charge in [0.25, 0.3) is 0 Å². The zero-order valence-corrected chi connectivity index (χ0v) is 16.0. The lowest BCUT2D eigenvalue weighted by Gasteiger charge is -2.12. The minimum absolute atomic E-state index is 0.310. The smallest absolute Gasteiger partial charge is 0.165 e. The van der Waals surface area contributed by atoms with Crippen molar-refractivity contribution in [3.05, 3.63) is 103 Å². The first-order chi connectivity index (χ1) is 14.8. The van der Waals surface area contributed by atoms with Crippen molar-refractivity contribution in [3.8, 4) is 22.4 Å². The van der Waals surface area contributed by atoms with Gasteiger partial charge in [-0.25, -0.2) is 9.37 Å². The molecule has 5 aromatic rings. The number of benzene rings is 2. The molecule has 1 N–H and O–H groups in total. The van der Waals surface area contributed by atoms with Crippen LogP contribution in [-0.4, -0.2) is 19.6 Å². The quantitative estimate of drug-likeness (QED) is 0.444. The van der Waals surface area contributed by atoms with Crippen molar-refractivity contribution >= 4 is 11.5 Å². The molecule has 0 aliphatic carbocycles. The van der Waals surface area contributed by atoms with Gasteiger partial charge in [0, 0.05) is 36.1 Å². The lowest BCUT2D eigenvalue weighted by Crippen LogP contribution is -2.07. The average molecular weight is 395 g/mol. The number of rotatable bonds is 5. The van der Waals surface area contributed by atoms with E-state index < -0.39 is 0 Å². The Morgan fingerprint density at radius 2 is 1.63 bits per heavy atom. The molecule has 0 fully saturated rings. The maximum absolute atomic E-state index is 14.5. The zero-order chi connectivity index (χ0) is 20.3. The van der Waals surface area contributed by atoms with Crippen LogP contribution in [0.3, 0.4) is 0 Å². The van der Waals surface area contributed by atoms with Crippen LogP contribution in [-0.2, 0) is 6.54 Å². The third kappa shape index (κ3) is 3.39. The average Bonchev–Trinajstić information content (AvgIpc) is 3.23. The molecule has 0 saturated carbocycles. The highest BCUT2D eigenvalue weighted by atomic mass is 19.1. The van der Waals surface area contributed by atoms with Crippen LogP contribution in [0, 0.1) is 5.82 Å².